The van der Waals surface area contributed by atoms with Gasteiger partial charge in [0.15, 0.2) is 5.05 Å². The maximum Gasteiger partial charge on any atom is 0.200 e. The van der Waals surface area contributed by atoms with Gasteiger partial charge in [-0.2, -0.15) is 0 Å². The smallest absolute Gasteiger partial charge is 0.200 e. The summed E-state index contributed by atoms with van der Waals surface area (Å²) in [4.78, 5) is 2.20. The Morgan fingerprint density at radius 2 is 1.68 bits per heavy atom. The van der Waals surface area contributed by atoms with Crippen molar-refractivity contribution in [2.75, 3.05) is 11.9 Å². The van der Waals surface area contributed by atoms with Crippen LogP contribution in [0.15, 0.2) is 66.7 Å². The van der Waals surface area contributed by atoms with Crippen LogP contribution in [0.4, 0.5) is 11.4 Å². The average molecular weight is 366 g/mol. The highest BCUT2D eigenvalue weighted by Crippen LogP contribution is 2.39. The summed E-state index contributed by atoms with van der Waals surface area (Å²) in [6, 6.07) is 21.9. The molecule has 0 saturated heterocycles. The molecule has 0 bridgehead atoms. The van der Waals surface area contributed by atoms with E-state index in [1.54, 1.807) is 12.1 Å². The molecular weight excluding hydrogens is 350 g/mol. The minimum Gasteiger partial charge on any atom is -0.445 e. The summed E-state index contributed by atoms with van der Waals surface area (Å²) in [6.07, 6.45) is 0.896. The zero-order chi connectivity index (χ0) is 17.4. The van der Waals surface area contributed by atoms with Gasteiger partial charge in [-0.1, -0.05) is 41.9 Å². The van der Waals surface area contributed by atoms with E-state index in [2.05, 4.69) is 42.3 Å². The maximum atomic E-state index is 5.93. The molecule has 4 heteroatoms. The monoisotopic (exact) mass is 365 g/mol. The van der Waals surface area contributed by atoms with Gasteiger partial charge in [0.05, 0.1) is 11.3 Å². The number of hydrogen-bond acceptors (Lipinski definition) is 3. The van der Waals surface area contributed by atoms with Gasteiger partial charge in [0, 0.05) is 24.2 Å². The number of nitrogens with zero attached hydrogens (tertiary/aromatic N) is 1. The fraction of sp³-hybridized carbons (Fsp3) is 0.0952. The van der Waals surface area contributed by atoms with Crippen LogP contribution in [-0.4, -0.2) is 12.1 Å². The third-order valence-electron chi connectivity index (χ3n) is 4.43. The van der Waals surface area contributed by atoms with Gasteiger partial charge in [-0.25, -0.2) is 0 Å². The Morgan fingerprint density at radius 3 is 2.48 bits per heavy atom. The lowest BCUT2D eigenvalue weighted by atomic mass is 9.93. The number of para-hydroxylation sites is 2. The van der Waals surface area contributed by atoms with Crippen LogP contribution >= 0.6 is 23.8 Å². The summed E-state index contributed by atoms with van der Waals surface area (Å²) in [5.41, 5.74) is 5.82. The number of fused-ring (bicyclic) bond motifs is 2. The number of benzene rings is 3. The van der Waals surface area contributed by atoms with Crippen molar-refractivity contribution in [3.8, 4) is 5.75 Å². The zero-order valence-corrected chi connectivity index (χ0v) is 15.3. The molecule has 0 unspecified atom stereocenters. The van der Waals surface area contributed by atoms with Crippen molar-refractivity contribution < 1.29 is 4.74 Å². The van der Waals surface area contributed by atoms with E-state index in [0.717, 1.165) is 17.7 Å². The van der Waals surface area contributed by atoms with Gasteiger partial charge in [0.2, 0.25) is 0 Å². The normalized spacial score (nSPS) is 12.3. The Morgan fingerprint density at radius 1 is 0.960 bits per heavy atom. The molecule has 0 amide bonds. The largest absolute Gasteiger partial charge is 0.445 e. The second kappa shape index (κ2) is 6.51. The van der Waals surface area contributed by atoms with Gasteiger partial charge in [-0.15, -0.1) is 0 Å². The Balaban J connectivity index is 1.71. The van der Waals surface area contributed by atoms with Crippen molar-refractivity contribution in [1.82, 2.24) is 0 Å². The lowest BCUT2D eigenvalue weighted by Crippen LogP contribution is -2.22. The van der Waals surface area contributed by atoms with E-state index in [0.29, 0.717) is 15.8 Å². The van der Waals surface area contributed by atoms with Crippen LogP contribution in [0.3, 0.4) is 0 Å². The highest BCUT2D eigenvalue weighted by atomic mass is 35.5. The van der Waals surface area contributed by atoms with Gasteiger partial charge in [0.1, 0.15) is 5.75 Å². The molecule has 25 heavy (non-hydrogen) atoms. The number of rotatable bonds is 2. The van der Waals surface area contributed by atoms with Gasteiger partial charge in [-0.3, -0.25) is 0 Å². The number of anilines is 2. The molecule has 2 nitrogen and oxygen atoms in total. The highest BCUT2D eigenvalue weighted by molar-refractivity contribution is 7.80. The average Bonchev–Trinajstić information content (AvgIpc) is 2.63. The Hall–Kier alpha value is -2.36. The van der Waals surface area contributed by atoms with Gasteiger partial charge in [-0.05, 0) is 59.7 Å². The number of ether oxygens (including phenoxy) is 1. The van der Waals surface area contributed by atoms with Gasteiger partial charge >= 0.3 is 0 Å². The van der Waals surface area contributed by atoms with E-state index in [4.69, 9.17) is 28.6 Å². The molecule has 124 valence electrons. The quantitative estimate of drug-likeness (QED) is 0.535. The molecule has 0 radical (unpaired) electrons. The van der Waals surface area contributed by atoms with E-state index in [1.807, 2.05) is 24.3 Å². The van der Waals surface area contributed by atoms with Crippen molar-refractivity contribution >= 4 is 40.2 Å². The summed E-state index contributed by atoms with van der Waals surface area (Å²) < 4.78 is 5.90. The van der Waals surface area contributed by atoms with Crippen molar-refractivity contribution in [2.45, 2.75) is 6.42 Å². The van der Waals surface area contributed by atoms with Gasteiger partial charge < -0.3 is 9.64 Å². The molecule has 0 spiro atoms. The SMILES string of the molecule is CN1c2ccccc2Cc2cccc(C(=S)Oc3ccc(Cl)cc3)c21. The van der Waals surface area contributed by atoms with Crippen molar-refractivity contribution in [1.29, 1.82) is 0 Å². The molecule has 4 rings (SSSR count). The molecule has 0 atom stereocenters. The number of halogens is 1. The Labute approximate surface area is 157 Å². The Kier molecular flexibility index (Phi) is 4.20. The summed E-state index contributed by atoms with van der Waals surface area (Å²) >= 11 is 11.5. The van der Waals surface area contributed by atoms with Crippen LogP contribution in [0.5, 0.6) is 5.75 Å². The molecule has 0 saturated carbocycles. The standard InChI is InChI=1S/C21H16ClNOS/c1-23-19-8-3-2-5-14(19)13-15-6-4-7-18(20(15)23)21(25)24-17-11-9-16(22)10-12-17/h2-12H,13H2,1H3. The summed E-state index contributed by atoms with van der Waals surface area (Å²) in [7, 11) is 2.07. The van der Waals surface area contributed by atoms with Crippen molar-refractivity contribution in [3.05, 3.63) is 88.4 Å². The first-order valence-electron chi connectivity index (χ1n) is 8.05. The summed E-state index contributed by atoms with van der Waals surface area (Å²) in [5.74, 6) is 0.686. The molecule has 3 aromatic rings. The van der Waals surface area contributed by atoms with E-state index in [1.165, 1.54) is 16.8 Å². The number of hydrogen-bond donors (Lipinski definition) is 0. The van der Waals surface area contributed by atoms with Crippen molar-refractivity contribution in [2.24, 2.45) is 0 Å². The topological polar surface area (TPSA) is 12.5 Å². The highest BCUT2D eigenvalue weighted by Gasteiger charge is 2.24. The second-order valence-corrected chi connectivity index (χ2v) is 6.83. The van der Waals surface area contributed by atoms with Crippen LogP contribution in [0.1, 0.15) is 16.7 Å². The zero-order valence-electron chi connectivity index (χ0n) is 13.7. The summed E-state index contributed by atoms with van der Waals surface area (Å²) in [6.45, 7) is 0. The molecule has 0 N–H and O–H groups in total. The third-order valence-corrected chi connectivity index (χ3v) is 4.99. The van der Waals surface area contributed by atoms with E-state index < -0.39 is 0 Å². The molecular formula is C21H16ClNOS. The minimum atomic E-state index is 0.463. The predicted molar refractivity (Wildman–Crippen MR) is 108 cm³/mol. The van der Waals surface area contributed by atoms with E-state index in [-0.39, 0.29) is 0 Å². The predicted octanol–water partition coefficient (Wildman–Crippen LogP) is 5.77. The lowest BCUT2D eigenvalue weighted by Gasteiger charge is -2.32. The van der Waals surface area contributed by atoms with Crippen LogP contribution in [-0.2, 0) is 6.42 Å². The van der Waals surface area contributed by atoms with Crippen LogP contribution < -0.4 is 9.64 Å². The molecule has 1 aliphatic rings. The first-order valence-corrected chi connectivity index (χ1v) is 8.83. The van der Waals surface area contributed by atoms with Crippen LogP contribution in [0, 0.1) is 0 Å². The number of thiocarbonyl (C=S) groups is 1. The Bertz CT molecular complexity index is 952. The summed E-state index contributed by atoms with van der Waals surface area (Å²) in [5, 5.41) is 1.14. The molecule has 1 aliphatic heterocycles. The third kappa shape index (κ3) is 3.01. The van der Waals surface area contributed by atoms with Gasteiger partial charge in [0.25, 0.3) is 0 Å². The molecule has 1 heterocycles. The van der Waals surface area contributed by atoms with Crippen molar-refractivity contribution in [3.63, 3.8) is 0 Å². The second-order valence-electron chi connectivity index (χ2n) is 6.02. The molecule has 0 aliphatic carbocycles. The van der Waals surface area contributed by atoms with E-state index in [9.17, 15) is 0 Å². The molecule has 0 fully saturated rings. The van der Waals surface area contributed by atoms with Crippen LogP contribution in [0.2, 0.25) is 5.02 Å². The molecule has 0 aromatic heterocycles. The first-order chi connectivity index (χ1) is 12.1. The maximum absolute atomic E-state index is 5.93. The van der Waals surface area contributed by atoms with Crippen LogP contribution in [0.25, 0.3) is 0 Å². The van der Waals surface area contributed by atoms with E-state index >= 15 is 0 Å². The fourth-order valence-electron chi connectivity index (χ4n) is 3.27. The first kappa shape index (κ1) is 16.1. The minimum absolute atomic E-state index is 0.463. The lowest BCUT2D eigenvalue weighted by molar-refractivity contribution is 0.566. The molecule has 3 aromatic carbocycles. The fourth-order valence-corrected chi connectivity index (χ4v) is 3.66.